The number of nitrogens with zero attached hydrogens (tertiary/aromatic N) is 1. The van der Waals surface area contributed by atoms with E-state index >= 15 is 0 Å². The molecule has 0 aliphatic heterocycles. The lowest BCUT2D eigenvalue weighted by molar-refractivity contribution is -0.114. The third-order valence-corrected chi connectivity index (χ3v) is 3.98. The van der Waals surface area contributed by atoms with Crippen LogP contribution in [0.2, 0.25) is 0 Å². The summed E-state index contributed by atoms with van der Waals surface area (Å²) in [7, 11) is 1.55. The Morgan fingerprint density at radius 1 is 1.22 bits per heavy atom. The molecule has 0 unspecified atom stereocenters. The SMILES string of the molecule is CCOc1c(Br)cc(/C=N\NC(=O)c2ccc(NC(C)=O)cc2)cc1OC. The molecule has 0 heterocycles. The van der Waals surface area contributed by atoms with Crippen molar-refractivity contribution in [1.82, 2.24) is 5.43 Å². The number of hydrogen-bond donors (Lipinski definition) is 2. The van der Waals surface area contributed by atoms with Gasteiger partial charge in [-0.3, -0.25) is 9.59 Å². The van der Waals surface area contributed by atoms with Crippen LogP contribution in [0.25, 0.3) is 0 Å². The number of benzene rings is 2. The van der Waals surface area contributed by atoms with Gasteiger partial charge in [-0.2, -0.15) is 5.10 Å². The van der Waals surface area contributed by atoms with Crippen LogP contribution in [0, 0.1) is 0 Å². The van der Waals surface area contributed by atoms with E-state index in [2.05, 4.69) is 31.8 Å². The summed E-state index contributed by atoms with van der Waals surface area (Å²) in [5, 5.41) is 6.61. The fraction of sp³-hybridized carbons (Fsp3) is 0.211. The van der Waals surface area contributed by atoms with Crippen molar-refractivity contribution in [3.63, 3.8) is 0 Å². The zero-order valence-corrected chi connectivity index (χ0v) is 16.8. The average molecular weight is 434 g/mol. The van der Waals surface area contributed by atoms with Crippen molar-refractivity contribution >= 4 is 39.6 Å². The number of ether oxygens (including phenoxy) is 2. The number of methoxy groups -OCH3 is 1. The smallest absolute Gasteiger partial charge is 0.271 e. The first-order chi connectivity index (χ1) is 12.9. The van der Waals surface area contributed by atoms with Gasteiger partial charge in [0, 0.05) is 18.2 Å². The van der Waals surface area contributed by atoms with Crippen LogP contribution in [0.3, 0.4) is 0 Å². The minimum atomic E-state index is -0.363. The highest BCUT2D eigenvalue weighted by Crippen LogP contribution is 2.36. The van der Waals surface area contributed by atoms with Crippen LogP contribution in [0.5, 0.6) is 11.5 Å². The van der Waals surface area contributed by atoms with Gasteiger partial charge in [0.2, 0.25) is 5.91 Å². The van der Waals surface area contributed by atoms with Gasteiger partial charge in [-0.15, -0.1) is 0 Å². The Morgan fingerprint density at radius 3 is 2.52 bits per heavy atom. The summed E-state index contributed by atoms with van der Waals surface area (Å²) in [6, 6.07) is 10.1. The Morgan fingerprint density at radius 2 is 1.93 bits per heavy atom. The van der Waals surface area contributed by atoms with Crippen LogP contribution in [-0.4, -0.2) is 31.7 Å². The number of halogens is 1. The Labute approximate surface area is 165 Å². The molecule has 0 saturated heterocycles. The molecule has 2 rings (SSSR count). The topological polar surface area (TPSA) is 89.0 Å². The molecule has 2 amide bonds. The highest BCUT2D eigenvalue weighted by atomic mass is 79.9. The van der Waals surface area contributed by atoms with Gasteiger partial charge in [-0.05, 0) is 64.8 Å². The monoisotopic (exact) mass is 433 g/mol. The van der Waals surface area contributed by atoms with Crippen molar-refractivity contribution < 1.29 is 19.1 Å². The number of amides is 2. The second-order valence-electron chi connectivity index (χ2n) is 5.42. The van der Waals surface area contributed by atoms with Gasteiger partial charge >= 0.3 is 0 Å². The van der Waals surface area contributed by atoms with Crippen LogP contribution in [-0.2, 0) is 4.79 Å². The van der Waals surface area contributed by atoms with E-state index in [9.17, 15) is 9.59 Å². The maximum atomic E-state index is 12.1. The summed E-state index contributed by atoms with van der Waals surface area (Å²) in [5.74, 6) is 0.638. The predicted molar refractivity (Wildman–Crippen MR) is 108 cm³/mol. The maximum absolute atomic E-state index is 12.1. The van der Waals surface area contributed by atoms with Gasteiger partial charge in [0.15, 0.2) is 11.5 Å². The standard InChI is InChI=1S/C19H20BrN3O4/c1-4-27-18-16(20)9-13(10-17(18)26-3)11-21-23-19(25)14-5-7-15(8-6-14)22-12(2)24/h5-11H,4H2,1-3H3,(H,22,24)(H,23,25)/b21-11-. The second-order valence-corrected chi connectivity index (χ2v) is 6.28. The van der Waals surface area contributed by atoms with Crippen LogP contribution < -0.4 is 20.2 Å². The molecule has 0 saturated carbocycles. The number of anilines is 1. The molecule has 2 N–H and O–H groups in total. The van der Waals surface area contributed by atoms with Crippen molar-refractivity contribution in [2.45, 2.75) is 13.8 Å². The Balaban J connectivity index is 2.05. The summed E-state index contributed by atoms with van der Waals surface area (Å²) in [6.07, 6.45) is 1.51. The van der Waals surface area contributed by atoms with Gasteiger partial charge in [0.25, 0.3) is 5.91 Å². The van der Waals surface area contributed by atoms with E-state index in [1.165, 1.54) is 13.1 Å². The van der Waals surface area contributed by atoms with E-state index in [4.69, 9.17) is 9.47 Å². The second kappa shape index (κ2) is 9.72. The number of carbonyl (C=O) groups is 2. The van der Waals surface area contributed by atoms with Crippen LogP contribution in [0.15, 0.2) is 46.0 Å². The van der Waals surface area contributed by atoms with E-state index in [0.717, 1.165) is 10.0 Å². The number of hydrogen-bond acceptors (Lipinski definition) is 5. The molecular weight excluding hydrogens is 414 g/mol. The molecule has 8 heteroatoms. The van der Waals surface area contributed by atoms with Gasteiger partial charge in [-0.25, -0.2) is 5.43 Å². The van der Waals surface area contributed by atoms with Gasteiger partial charge in [0.1, 0.15) is 0 Å². The van der Waals surface area contributed by atoms with E-state index in [1.807, 2.05) is 13.0 Å². The third kappa shape index (κ3) is 5.82. The lowest BCUT2D eigenvalue weighted by Gasteiger charge is -2.11. The van der Waals surface area contributed by atoms with Crippen molar-refractivity contribution in [3.8, 4) is 11.5 Å². The first-order valence-electron chi connectivity index (χ1n) is 8.16. The first kappa shape index (κ1) is 20.4. The summed E-state index contributed by atoms with van der Waals surface area (Å²) in [6.45, 7) is 3.82. The summed E-state index contributed by atoms with van der Waals surface area (Å²) in [5.41, 5.74) is 4.23. The molecule has 27 heavy (non-hydrogen) atoms. The number of carbonyl (C=O) groups excluding carboxylic acids is 2. The Bertz CT molecular complexity index is 851. The number of rotatable bonds is 7. The van der Waals surface area contributed by atoms with Crippen molar-refractivity contribution in [1.29, 1.82) is 0 Å². The normalized spacial score (nSPS) is 10.5. The Hall–Kier alpha value is -2.87. The number of hydrazone groups is 1. The van der Waals surface area contributed by atoms with E-state index in [0.29, 0.717) is 29.4 Å². The van der Waals surface area contributed by atoms with E-state index < -0.39 is 0 Å². The maximum Gasteiger partial charge on any atom is 0.271 e. The summed E-state index contributed by atoms with van der Waals surface area (Å²) < 4.78 is 11.6. The molecule has 0 aliphatic carbocycles. The fourth-order valence-electron chi connectivity index (χ4n) is 2.24. The molecule has 0 aliphatic rings. The van der Waals surface area contributed by atoms with E-state index in [1.54, 1.807) is 37.4 Å². The number of nitrogens with one attached hydrogen (secondary N) is 2. The summed E-state index contributed by atoms with van der Waals surface area (Å²) >= 11 is 3.44. The average Bonchev–Trinajstić information content (AvgIpc) is 2.63. The zero-order chi connectivity index (χ0) is 19.8. The molecule has 0 bridgehead atoms. The highest BCUT2D eigenvalue weighted by molar-refractivity contribution is 9.10. The third-order valence-electron chi connectivity index (χ3n) is 3.39. The molecule has 0 fully saturated rings. The van der Waals surface area contributed by atoms with Crippen molar-refractivity contribution in [2.24, 2.45) is 5.10 Å². The largest absolute Gasteiger partial charge is 0.493 e. The highest BCUT2D eigenvalue weighted by Gasteiger charge is 2.10. The van der Waals surface area contributed by atoms with Crippen molar-refractivity contribution in [2.75, 3.05) is 19.0 Å². The quantitative estimate of drug-likeness (QED) is 0.515. The summed E-state index contributed by atoms with van der Waals surface area (Å²) in [4.78, 5) is 23.1. The van der Waals surface area contributed by atoms with Crippen LogP contribution in [0.1, 0.15) is 29.8 Å². The first-order valence-corrected chi connectivity index (χ1v) is 8.95. The Kier molecular flexibility index (Phi) is 7.36. The van der Waals surface area contributed by atoms with Crippen LogP contribution in [0.4, 0.5) is 5.69 Å². The minimum Gasteiger partial charge on any atom is -0.493 e. The molecule has 7 nitrogen and oxygen atoms in total. The zero-order valence-electron chi connectivity index (χ0n) is 15.2. The molecule has 0 atom stereocenters. The van der Waals surface area contributed by atoms with Crippen LogP contribution >= 0.6 is 15.9 Å². The minimum absolute atomic E-state index is 0.172. The van der Waals surface area contributed by atoms with Gasteiger partial charge < -0.3 is 14.8 Å². The van der Waals surface area contributed by atoms with E-state index in [-0.39, 0.29) is 11.8 Å². The lowest BCUT2D eigenvalue weighted by atomic mass is 10.2. The lowest BCUT2D eigenvalue weighted by Crippen LogP contribution is -2.17. The van der Waals surface area contributed by atoms with Gasteiger partial charge in [-0.1, -0.05) is 0 Å². The molecule has 0 radical (unpaired) electrons. The molecule has 2 aromatic carbocycles. The molecular formula is C19H20BrN3O4. The molecule has 0 spiro atoms. The molecule has 142 valence electrons. The molecule has 0 aromatic heterocycles. The van der Waals surface area contributed by atoms with Crippen molar-refractivity contribution in [3.05, 3.63) is 52.0 Å². The molecule has 2 aromatic rings. The fourth-order valence-corrected chi connectivity index (χ4v) is 2.81. The predicted octanol–water partition coefficient (Wildman–Crippen LogP) is 3.58. The van der Waals surface area contributed by atoms with Gasteiger partial charge in [0.05, 0.1) is 24.4 Å².